The van der Waals surface area contributed by atoms with Gasteiger partial charge < -0.3 is 0 Å². The summed E-state index contributed by atoms with van der Waals surface area (Å²) in [7, 11) is 0. The van der Waals surface area contributed by atoms with Crippen LogP contribution in [0.25, 0.3) is 0 Å². The minimum atomic E-state index is -0.256. The third-order valence-corrected chi connectivity index (χ3v) is 5.99. The Balaban J connectivity index is 0.000000245. The van der Waals surface area contributed by atoms with E-state index in [1.807, 2.05) is 6.92 Å². The molecule has 3 heteroatoms. The fraction of sp³-hybridized carbons (Fsp3) is 0.333. The predicted molar refractivity (Wildman–Crippen MR) is 61.5 cm³/mol. The Bertz CT molecular complexity index is 229. The van der Waals surface area contributed by atoms with E-state index >= 15 is 0 Å². The van der Waals surface area contributed by atoms with E-state index in [1.54, 1.807) is 0 Å². The molecule has 0 aromatic carbocycles. The zero-order valence-corrected chi connectivity index (χ0v) is 12.0. The summed E-state index contributed by atoms with van der Waals surface area (Å²) in [6.45, 7) is 2.41. The topological polar surface area (TPSA) is 9.23 Å². The number of hydrogen-bond donors (Lipinski definition) is 0. The Morgan fingerprint density at radius 2 is 1.33 bits per heavy atom. The molecule has 2 aliphatic carbocycles. The van der Waals surface area contributed by atoms with Gasteiger partial charge in [0.05, 0.1) is 18.5 Å². The first-order valence-electron chi connectivity index (χ1n) is 5.06. The van der Waals surface area contributed by atoms with Crippen LogP contribution < -0.4 is 0 Å². The second-order valence-electron chi connectivity index (χ2n) is 3.16. The van der Waals surface area contributed by atoms with Crippen molar-refractivity contribution in [2.45, 2.75) is 14.2 Å². The zero-order chi connectivity index (χ0) is 10.9. The van der Waals surface area contributed by atoms with Crippen LogP contribution in [-0.4, -0.2) is 6.61 Å². The molecule has 2 aliphatic rings. The smallest absolute Gasteiger partial charge is 0.0654 e. The van der Waals surface area contributed by atoms with Crippen molar-refractivity contribution >= 4 is 11.9 Å². The maximum absolute atomic E-state index is 4.69. The van der Waals surface area contributed by atoms with Crippen LogP contribution in [0.5, 0.6) is 0 Å². The quantitative estimate of drug-likeness (QED) is 0.763. The van der Waals surface area contributed by atoms with Crippen molar-refractivity contribution in [3.63, 3.8) is 0 Å². The van der Waals surface area contributed by atoms with Crippen molar-refractivity contribution in [3.8, 4) is 0 Å². The summed E-state index contributed by atoms with van der Waals surface area (Å²) in [6, 6.07) is 0. The van der Waals surface area contributed by atoms with Gasteiger partial charge in [0, 0.05) is 0 Å². The van der Waals surface area contributed by atoms with Crippen LogP contribution >= 0.6 is 11.9 Å². The van der Waals surface area contributed by atoms with E-state index in [2.05, 4.69) is 64.8 Å². The second-order valence-corrected chi connectivity index (χ2v) is 7.47. The molecule has 2 rings (SSSR count). The third-order valence-electron chi connectivity index (χ3n) is 1.99. The minimum absolute atomic E-state index is 0.256. The van der Waals surface area contributed by atoms with Crippen LogP contribution in [-0.2, 0) is 27.5 Å². The first-order chi connectivity index (χ1) is 7.36. The van der Waals surface area contributed by atoms with Crippen molar-refractivity contribution in [1.29, 1.82) is 0 Å². The van der Waals surface area contributed by atoms with Crippen molar-refractivity contribution in [2.24, 2.45) is 0 Å². The number of allylic oxidation sites excluding steroid dienone is 8. The van der Waals surface area contributed by atoms with Gasteiger partial charge >= 0.3 is 79.1 Å². The van der Waals surface area contributed by atoms with E-state index in [-0.39, 0.29) is 23.2 Å². The summed E-state index contributed by atoms with van der Waals surface area (Å²) in [5.41, 5.74) is 0. The summed E-state index contributed by atoms with van der Waals surface area (Å²) >= 11 is 4.43. The first kappa shape index (κ1) is 13.2. The maximum atomic E-state index is 4.69. The van der Waals surface area contributed by atoms with Gasteiger partial charge in [0.1, 0.15) is 0 Å². The van der Waals surface area contributed by atoms with Crippen LogP contribution in [0.1, 0.15) is 6.92 Å². The Morgan fingerprint density at radius 1 is 1.00 bits per heavy atom. The molecule has 0 spiro atoms. The molecule has 0 fully saturated rings. The van der Waals surface area contributed by atoms with Gasteiger partial charge in [-0.05, 0) is 6.92 Å². The van der Waals surface area contributed by atoms with E-state index in [0.717, 1.165) is 7.25 Å². The average Bonchev–Trinajstić information content (AvgIpc) is 2.92. The van der Waals surface area contributed by atoms with E-state index in [4.69, 9.17) is 0 Å². The molecule has 0 aromatic rings. The van der Waals surface area contributed by atoms with Gasteiger partial charge in [-0.2, -0.15) is 0 Å². The van der Waals surface area contributed by atoms with Crippen LogP contribution in [0.4, 0.5) is 0 Å². The molecule has 0 aromatic heterocycles. The number of rotatable bonds is 3. The summed E-state index contributed by atoms with van der Waals surface area (Å²) in [6.07, 6.45) is 18.1. The molecule has 15 heavy (non-hydrogen) atoms. The molecule has 1 nitrogen and oxygen atoms in total. The Kier molecular flexibility index (Phi) is 7.25. The van der Waals surface area contributed by atoms with Gasteiger partial charge in [0.25, 0.3) is 0 Å². The van der Waals surface area contributed by atoms with E-state index in [9.17, 15) is 0 Å². The van der Waals surface area contributed by atoms with E-state index in [1.165, 1.54) is 0 Å². The molecule has 0 N–H and O–H groups in total. The van der Waals surface area contributed by atoms with Crippen molar-refractivity contribution < 1.29 is 27.5 Å². The third kappa shape index (κ3) is 5.65. The van der Waals surface area contributed by atoms with Crippen LogP contribution in [0.2, 0.25) is 7.25 Å². The molecule has 0 unspecified atom stereocenters. The molecule has 0 heterocycles. The van der Waals surface area contributed by atoms with Crippen molar-refractivity contribution in [1.82, 2.24) is 0 Å². The van der Waals surface area contributed by atoms with E-state index < -0.39 is 0 Å². The largest absolute Gasteiger partial charge is 0.280 e. The molecule has 0 saturated carbocycles. The van der Waals surface area contributed by atoms with Crippen LogP contribution in [0, 0.1) is 0 Å². The molecule has 0 aliphatic heterocycles. The number of hydrogen-bond acceptors (Lipinski definition) is 1. The van der Waals surface area contributed by atoms with E-state index in [0.29, 0.717) is 6.61 Å². The molecule has 0 amide bonds. The Morgan fingerprint density at radius 3 is 1.60 bits per heavy atom. The minimum Gasteiger partial charge on any atom is -0.280 e. The van der Waals surface area contributed by atoms with Crippen LogP contribution in [0.15, 0.2) is 48.6 Å². The normalized spacial score (nSPS) is 18.3. The second kappa shape index (κ2) is 8.27. The predicted octanol–water partition coefficient (Wildman–Crippen LogP) is 4.07. The summed E-state index contributed by atoms with van der Waals surface area (Å²) < 4.78 is 5.70. The SMILES string of the molecule is C1=C[CH]([Zr][CH]2C=CC=C2)C=C1.CCOCl. The molecule has 0 atom stereocenters. The molecular formula is C12H15ClOZr. The Labute approximate surface area is 108 Å². The fourth-order valence-electron chi connectivity index (χ4n) is 1.31. The summed E-state index contributed by atoms with van der Waals surface area (Å²) in [5, 5.41) is 0. The molecular weight excluding hydrogens is 287 g/mol. The van der Waals surface area contributed by atoms with Crippen molar-refractivity contribution in [2.75, 3.05) is 6.61 Å². The van der Waals surface area contributed by atoms with Gasteiger partial charge in [-0.3, -0.25) is 4.29 Å². The van der Waals surface area contributed by atoms with Gasteiger partial charge in [-0.15, -0.1) is 0 Å². The number of halogens is 1. The van der Waals surface area contributed by atoms with Gasteiger partial charge in [-0.1, -0.05) is 0 Å². The molecule has 0 bridgehead atoms. The molecule has 0 radical (unpaired) electrons. The Hall–Kier alpha value is 0.0931. The average molecular weight is 302 g/mol. The van der Waals surface area contributed by atoms with Gasteiger partial charge in [0.15, 0.2) is 0 Å². The van der Waals surface area contributed by atoms with Crippen LogP contribution in [0.3, 0.4) is 0 Å². The van der Waals surface area contributed by atoms with Gasteiger partial charge in [-0.25, -0.2) is 0 Å². The summed E-state index contributed by atoms with van der Waals surface area (Å²) in [5.74, 6) is 0. The van der Waals surface area contributed by atoms with Crippen molar-refractivity contribution in [3.05, 3.63) is 48.6 Å². The summed E-state index contributed by atoms with van der Waals surface area (Å²) in [4.78, 5) is 0. The maximum Gasteiger partial charge on any atom is 0.0654 e. The monoisotopic (exact) mass is 300 g/mol. The fourth-order valence-corrected chi connectivity index (χ4v) is 4.59. The standard InChI is InChI=1S/2C5H5.C2H5ClO.Zr/c2*1-2-4-5-3-1;1-2-4-3;/h2*1-5H;2H2,1H3;. The zero-order valence-electron chi connectivity index (χ0n) is 8.77. The van der Waals surface area contributed by atoms with Gasteiger partial charge in [0.2, 0.25) is 0 Å². The molecule has 80 valence electrons. The first-order valence-corrected chi connectivity index (χ1v) is 8.21. The molecule has 0 saturated heterocycles.